The SMILES string of the molecule is COc1cc(OC)c2c(c1)O/C(=C\n1cccc1)C2=O. The van der Waals surface area contributed by atoms with Crippen molar-refractivity contribution >= 4 is 12.0 Å². The Morgan fingerprint density at radius 2 is 1.90 bits per heavy atom. The van der Waals surface area contributed by atoms with Gasteiger partial charge in [0.1, 0.15) is 22.8 Å². The molecule has 0 bridgehead atoms. The Hall–Kier alpha value is -2.69. The van der Waals surface area contributed by atoms with Crippen LogP contribution in [0.5, 0.6) is 17.2 Å². The third kappa shape index (κ3) is 1.93. The summed E-state index contributed by atoms with van der Waals surface area (Å²) in [5.41, 5.74) is 0.423. The van der Waals surface area contributed by atoms with E-state index in [0.717, 1.165) is 0 Å². The van der Waals surface area contributed by atoms with Gasteiger partial charge in [0.15, 0.2) is 5.76 Å². The van der Waals surface area contributed by atoms with Crippen molar-refractivity contribution in [2.45, 2.75) is 0 Å². The summed E-state index contributed by atoms with van der Waals surface area (Å²) < 4.78 is 17.8. The van der Waals surface area contributed by atoms with E-state index in [4.69, 9.17) is 14.2 Å². The fourth-order valence-corrected chi connectivity index (χ4v) is 2.09. The average molecular weight is 271 g/mol. The topological polar surface area (TPSA) is 49.7 Å². The number of rotatable bonds is 3. The maximum Gasteiger partial charge on any atom is 0.237 e. The molecule has 102 valence electrons. The van der Waals surface area contributed by atoms with Crippen LogP contribution >= 0.6 is 0 Å². The molecule has 0 saturated carbocycles. The molecule has 0 N–H and O–H groups in total. The smallest absolute Gasteiger partial charge is 0.237 e. The van der Waals surface area contributed by atoms with Crippen molar-refractivity contribution in [2.24, 2.45) is 0 Å². The van der Waals surface area contributed by atoms with Crippen molar-refractivity contribution in [3.05, 3.63) is 48.0 Å². The molecule has 0 radical (unpaired) electrons. The highest BCUT2D eigenvalue weighted by Crippen LogP contribution is 2.41. The second-order valence-corrected chi connectivity index (χ2v) is 4.26. The molecule has 2 heterocycles. The Morgan fingerprint density at radius 3 is 2.55 bits per heavy atom. The van der Waals surface area contributed by atoms with Crippen LogP contribution in [0.25, 0.3) is 6.20 Å². The van der Waals surface area contributed by atoms with Crippen molar-refractivity contribution in [1.29, 1.82) is 0 Å². The summed E-state index contributed by atoms with van der Waals surface area (Å²) in [5.74, 6) is 1.52. The first-order valence-corrected chi connectivity index (χ1v) is 6.06. The van der Waals surface area contributed by atoms with Crippen LogP contribution in [-0.2, 0) is 0 Å². The van der Waals surface area contributed by atoms with E-state index in [1.165, 1.54) is 7.11 Å². The molecular formula is C15H13NO4. The number of Topliss-reactive ketones (excluding diaryl/α,β-unsaturated/α-hetero) is 1. The summed E-state index contributed by atoms with van der Waals surface area (Å²) in [5, 5.41) is 0. The number of aromatic nitrogens is 1. The van der Waals surface area contributed by atoms with E-state index < -0.39 is 0 Å². The summed E-state index contributed by atoms with van der Waals surface area (Å²) in [4.78, 5) is 12.4. The van der Waals surface area contributed by atoms with Gasteiger partial charge in [-0.15, -0.1) is 0 Å². The largest absolute Gasteiger partial charge is 0.496 e. The van der Waals surface area contributed by atoms with Gasteiger partial charge in [-0.2, -0.15) is 0 Å². The Kier molecular flexibility index (Phi) is 2.95. The van der Waals surface area contributed by atoms with E-state index in [0.29, 0.717) is 22.8 Å². The third-order valence-electron chi connectivity index (χ3n) is 3.06. The predicted octanol–water partition coefficient (Wildman–Crippen LogP) is 2.58. The monoisotopic (exact) mass is 271 g/mol. The van der Waals surface area contributed by atoms with Crippen LogP contribution in [0.4, 0.5) is 0 Å². The second kappa shape index (κ2) is 4.77. The Labute approximate surface area is 116 Å². The van der Waals surface area contributed by atoms with Gasteiger partial charge in [0.25, 0.3) is 0 Å². The number of nitrogens with zero attached hydrogens (tertiary/aromatic N) is 1. The van der Waals surface area contributed by atoms with Crippen LogP contribution in [0.1, 0.15) is 10.4 Å². The van der Waals surface area contributed by atoms with Crippen LogP contribution < -0.4 is 14.2 Å². The molecule has 1 aromatic heterocycles. The molecule has 1 aliphatic heterocycles. The zero-order valence-corrected chi connectivity index (χ0v) is 11.1. The number of fused-ring (bicyclic) bond motifs is 1. The van der Waals surface area contributed by atoms with E-state index in [9.17, 15) is 4.79 Å². The molecule has 0 atom stereocenters. The first kappa shape index (κ1) is 12.3. The number of hydrogen-bond donors (Lipinski definition) is 0. The summed E-state index contributed by atoms with van der Waals surface area (Å²) in [7, 11) is 3.06. The van der Waals surface area contributed by atoms with E-state index >= 15 is 0 Å². The van der Waals surface area contributed by atoms with Crippen LogP contribution in [0.2, 0.25) is 0 Å². The number of ether oxygens (including phenoxy) is 3. The molecule has 0 aliphatic carbocycles. The van der Waals surface area contributed by atoms with Gasteiger partial charge < -0.3 is 18.8 Å². The van der Waals surface area contributed by atoms with E-state index in [1.54, 1.807) is 30.0 Å². The molecule has 5 heteroatoms. The van der Waals surface area contributed by atoms with Gasteiger partial charge in [-0.05, 0) is 12.1 Å². The molecule has 0 amide bonds. The van der Waals surface area contributed by atoms with Crippen LogP contribution in [-0.4, -0.2) is 24.6 Å². The summed E-state index contributed by atoms with van der Waals surface area (Å²) in [6.45, 7) is 0. The lowest BCUT2D eigenvalue weighted by molar-refractivity contribution is 0.101. The number of carbonyl (C=O) groups excluding carboxylic acids is 1. The van der Waals surface area contributed by atoms with Gasteiger partial charge >= 0.3 is 0 Å². The summed E-state index contributed by atoms with van der Waals surface area (Å²) in [6, 6.07) is 7.07. The van der Waals surface area contributed by atoms with Gasteiger partial charge in [0.05, 0.1) is 20.4 Å². The number of hydrogen-bond acceptors (Lipinski definition) is 4. The first-order chi connectivity index (χ1) is 9.72. The minimum atomic E-state index is -0.201. The molecule has 1 aromatic carbocycles. The molecular weight excluding hydrogens is 258 g/mol. The first-order valence-electron chi connectivity index (χ1n) is 6.06. The Balaban J connectivity index is 2.06. The zero-order valence-electron chi connectivity index (χ0n) is 11.1. The Bertz CT molecular complexity index is 686. The minimum absolute atomic E-state index is 0.201. The number of methoxy groups -OCH3 is 2. The standard InChI is InChI=1S/C15H13NO4/c1-18-10-7-11(19-2)14-12(8-10)20-13(15(14)17)9-16-5-3-4-6-16/h3-9H,1-2H3/b13-9-. The maximum absolute atomic E-state index is 12.4. The van der Waals surface area contributed by atoms with Crippen molar-refractivity contribution in [2.75, 3.05) is 14.2 Å². The van der Waals surface area contributed by atoms with E-state index in [2.05, 4.69) is 0 Å². The summed E-state index contributed by atoms with van der Waals surface area (Å²) >= 11 is 0. The lowest BCUT2D eigenvalue weighted by Gasteiger charge is -2.07. The quantitative estimate of drug-likeness (QED) is 0.805. The summed E-state index contributed by atoms with van der Waals surface area (Å²) in [6.07, 6.45) is 5.28. The van der Waals surface area contributed by atoms with E-state index in [-0.39, 0.29) is 11.5 Å². The molecule has 0 spiro atoms. The highest BCUT2D eigenvalue weighted by Gasteiger charge is 2.32. The fourth-order valence-electron chi connectivity index (χ4n) is 2.09. The lowest BCUT2D eigenvalue weighted by Crippen LogP contribution is -2.01. The average Bonchev–Trinajstić information content (AvgIpc) is 3.07. The highest BCUT2D eigenvalue weighted by atomic mass is 16.5. The number of carbonyl (C=O) groups is 1. The van der Waals surface area contributed by atoms with Gasteiger partial charge in [-0.1, -0.05) is 0 Å². The van der Waals surface area contributed by atoms with Gasteiger partial charge in [0, 0.05) is 24.5 Å². The van der Waals surface area contributed by atoms with Crippen molar-refractivity contribution in [3.8, 4) is 17.2 Å². The van der Waals surface area contributed by atoms with Crippen molar-refractivity contribution < 1.29 is 19.0 Å². The molecule has 3 rings (SSSR count). The fraction of sp³-hybridized carbons (Fsp3) is 0.133. The van der Waals surface area contributed by atoms with Crippen LogP contribution in [0, 0.1) is 0 Å². The molecule has 5 nitrogen and oxygen atoms in total. The molecule has 0 fully saturated rings. The zero-order chi connectivity index (χ0) is 14.1. The normalized spacial score (nSPS) is 15.1. The lowest BCUT2D eigenvalue weighted by atomic mass is 10.1. The van der Waals surface area contributed by atoms with Gasteiger partial charge in [-0.3, -0.25) is 4.79 Å². The molecule has 2 aromatic rings. The van der Waals surface area contributed by atoms with E-state index in [1.807, 2.05) is 24.5 Å². The Morgan fingerprint density at radius 1 is 1.15 bits per heavy atom. The third-order valence-corrected chi connectivity index (χ3v) is 3.06. The van der Waals surface area contributed by atoms with Crippen LogP contribution in [0.3, 0.4) is 0 Å². The predicted molar refractivity (Wildman–Crippen MR) is 73.2 cm³/mol. The van der Waals surface area contributed by atoms with Gasteiger partial charge in [-0.25, -0.2) is 0 Å². The van der Waals surface area contributed by atoms with Crippen molar-refractivity contribution in [1.82, 2.24) is 4.57 Å². The molecule has 1 aliphatic rings. The van der Waals surface area contributed by atoms with Gasteiger partial charge in [0.2, 0.25) is 5.78 Å². The number of benzene rings is 1. The van der Waals surface area contributed by atoms with Crippen LogP contribution in [0.15, 0.2) is 42.4 Å². The maximum atomic E-state index is 12.4. The minimum Gasteiger partial charge on any atom is -0.496 e. The highest BCUT2D eigenvalue weighted by molar-refractivity contribution is 6.15. The second-order valence-electron chi connectivity index (χ2n) is 4.26. The molecule has 0 saturated heterocycles. The van der Waals surface area contributed by atoms with Crippen molar-refractivity contribution in [3.63, 3.8) is 0 Å². The molecule has 0 unspecified atom stereocenters. The molecule has 20 heavy (non-hydrogen) atoms. The number of ketones is 1. The number of allylic oxidation sites excluding steroid dienone is 1.